The van der Waals surface area contributed by atoms with Crippen LogP contribution in [-0.2, 0) is 6.42 Å². The van der Waals surface area contributed by atoms with Gasteiger partial charge in [0, 0.05) is 43.5 Å². The quantitative estimate of drug-likeness (QED) is 0.516. The molecule has 0 bridgehead atoms. The van der Waals surface area contributed by atoms with Crippen LogP contribution in [0.2, 0.25) is 0 Å². The Labute approximate surface area is 204 Å². The molecule has 4 heterocycles. The second-order valence-electron chi connectivity index (χ2n) is 10.7. The molecule has 9 nitrogen and oxygen atoms in total. The molecule has 186 valence electrons. The van der Waals surface area contributed by atoms with Crippen LogP contribution in [0.1, 0.15) is 55.1 Å². The molecule has 2 aliphatic rings. The highest BCUT2D eigenvalue weighted by atomic mass is 16.5. The molecule has 3 aromatic rings. The normalized spacial score (nSPS) is 20.7. The predicted octanol–water partition coefficient (Wildman–Crippen LogP) is 2.96. The number of amides is 1. The molecule has 0 spiro atoms. The summed E-state index contributed by atoms with van der Waals surface area (Å²) in [6.45, 7) is 8.95. The van der Waals surface area contributed by atoms with Gasteiger partial charge >= 0.3 is 0 Å². The zero-order valence-corrected chi connectivity index (χ0v) is 20.7. The highest BCUT2D eigenvalue weighted by Gasteiger charge is 2.37. The second-order valence-corrected chi connectivity index (χ2v) is 10.7. The van der Waals surface area contributed by atoms with E-state index in [-0.39, 0.29) is 18.4 Å². The van der Waals surface area contributed by atoms with Gasteiger partial charge in [-0.05, 0) is 58.1 Å². The molecule has 1 amide bonds. The lowest BCUT2D eigenvalue weighted by Gasteiger charge is -2.39. The first-order valence-corrected chi connectivity index (χ1v) is 12.1. The minimum atomic E-state index is -0.720. The van der Waals surface area contributed by atoms with Gasteiger partial charge in [0.1, 0.15) is 16.9 Å². The monoisotopic (exact) mass is 479 g/mol. The Morgan fingerprint density at radius 3 is 2.71 bits per heavy atom. The molecule has 1 aromatic carbocycles. The van der Waals surface area contributed by atoms with E-state index in [9.17, 15) is 15.0 Å². The third kappa shape index (κ3) is 4.46. The molecular formula is C26H33N5O4. The first-order chi connectivity index (χ1) is 16.6. The number of nitrogens with zero attached hydrogens (tertiary/aromatic N) is 4. The SMILES string of the molecule is Cc1cnc2c(C(=O)Nc3cc4c(cc3N3CCC(C(C)(C)O)CC3)OC(C)(CO)C4)cnn2c1. The van der Waals surface area contributed by atoms with Gasteiger partial charge in [0.25, 0.3) is 5.91 Å². The maximum absolute atomic E-state index is 13.3. The van der Waals surface area contributed by atoms with Gasteiger partial charge in [0.05, 0.1) is 29.8 Å². The van der Waals surface area contributed by atoms with Crippen molar-refractivity contribution in [1.29, 1.82) is 0 Å². The number of aliphatic hydroxyl groups excluding tert-OH is 1. The molecule has 1 atom stereocenters. The first-order valence-electron chi connectivity index (χ1n) is 12.1. The molecule has 0 saturated carbocycles. The average molecular weight is 480 g/mol. The number of piperidine rings is 1. The Balaban J connectivity index is 1.47. The fraction of sp³-hybridized carbons (Fsp3) is 0.500. The van der Waals surface area contributed by atoms with Gasteiger partial charge in [-0.15, -0.1) is 0 Å². The topological polar surface area (TPSA) is 112 Å². The smallest absolute Gasteiger partial charge is 0.261 e. The standard InChI is InChI=1S/C26H33N5O4/c1-16-12-27-23-19(13-28-31(23)14-16)24(33)29-20-9-17-11-26(4,15-32)35-22(17)10-21(20)30-7-5-18(6-8-30)25(2,3)34/h9-10,12-14,18,32,34H,5-8,11,15H2,1-4H3,(H,29,33). The third-order valence-corrected chi connectivity index (χ3v) is 7.25. The lowest BCUT2D eigenvalue weighted by Crippen LogP contribution is -2.42. The van der Waals surface area contributed by atoms with E-state index in [1.807, 2.05) is 46.0 Å². The Bertz CT molecular complexity index is 1270. The summed E-state index contributed by atoms with van der Waals surface area (Å²) in [6, 6.07) is 3.92. The molecule has 0 radical (unpaired) electrons. The van der Waals surface area contributed by atoms with E-state index in [0.717, 1.165) is 48.5 Å². The minimum absolute atomic E-state index is 0.0941. The highest BCUT2D eigenvalue weighted by Crippen LogP contribution is 2.43. The summed E-state index contributed by atoms with van der Waals surface area (Å²) in [6.07, 6.45) is 7.33. The maximum Gasteiger partial charge on any atom is 0.261 e. The summed E-state index contributed by atoms with van der Waals surface area (Å²) in [7, 11) is 0. The van der Waals surface area contributed by atoms with Crippen LogP contribution in [0, 0.1) is 12.8 Å². The van der Waals surface area contributed by atoms with Crippen LogP contribution in [0.3, 0.4) is 0 Å². The van der Waals surface area contributed by atoms with Crippen LogP contribution in [0.25, 0.3) is 5.65 Å². The average Bonchev–Trinajstić information content (AvgIpc) is 3.38. The van der Waals surface area contributed by atoms with E-state index in [1.165, 1.54) is 6.20 Å². The van der Waals surface area contributed by atoms with Crippen molar-refractivity contribution in [1.82, 2.24) is 14.6 Å². The molecule has 5 rings (SSSR count). The summed E-state index contributed by atoms with van der Waals surface area (Å²) in [4.78, 5) is 20.0. The Morgan fingerprint density at radius 2 is 2.03 bits per heavy atom. The first kappa shape index (κ1) is 23.6. The highest BCUT2D eigenvalue weighted by molar-refractivity contribution is 6.09. The van der Waals surface area contributed by atoms with Crippen LogP contribution in [0.5, 0.6) is 5.75 Å². The van der Waals surface area contributed by atoms with Crippen molar-refractivity contribution in [3.8, 4) is 5.75 Å². The summed E-state index contributed by atoms with van der Waals surface area (Å²) in [5.74, 6) is 0.661. The van der Waals surface area contributed by atoms with Crippen LogP contribution < -0.4 is 15.0 Å². The predicted molar refractivity (Wildman–Crippen MR) is 133 cm³/mol. The zero-order valence-electron chi connectivity index (χ0n) is 20.7. The van der Waals surface area contributed by atoms with Crippen LogP contribution in [0.4, 0.5) is 11.4 Å². The molecule has 9 heteroatoms. The van der Waals surface area contributed by atoms with Gasteiger partial charge in [-0.3, -0.25) is 4.79 Å². The van der Waals surface area contributed by atoms with Crippen molar-refractivity contribution in [3.63, 3.8) is 0 Å². The fourth-order valence-electron chi connectivity index (χ4n) is 5.15. The van der Waals surface area contributed by atoms with E-state index < -0.39 is 11.2 Å². The number of aliphatic hydroxyl groups is 2. The van der Waals surface area contributed by atoms with E-state index >= 15 is 0 Å². The number of aryl methyl sites for hydroxylation is 1. The third-order valence-electron chi connectivity index (χ3n) is 7.25. The van der Waals surface area contributed by atoms with Crippen molar-refractivity contribution in [2.24, 2.45) is 5.92 Å². The summed E-state index contributed by atoms with van der Waals surface area (Å²) in [5, 5.41) is 27.7. The molecule has 35 heavy (non-hydrogen) atoms. The van der Waals surface area contributed by atoms with Crippen LogP contribution in [-0.4, -0.2) is 61.6 Å². The number of carbonyl (C=O) groups excluding carboxylic acids is 1. The number of carbonyl (C=O) groups is 1. The molecule has 1 saturated heterocycles. The number of fused-ring (bicyclic) bond motifs is 2. The van der Waals surface area contributed by atoms with Gasteiger partial charge in [-0.2, -0.15) is 5.10 Å². The summed E-state index contributed by atoms with van der Waals surface area (Å²) < 4.78 is 7.71. The summed E-state index contributed by atoms with van der Waals surface area (Å²) >= 11 is 0. The zero-order chi connectivity index (χ0) is 25.0. The molecule has 0 aliphatic carbocycles. The van der Waals surface area contributed by atoms with Crippen molar-refractivity contribution in [2.75, 3.05) is 29.9 Å². The fourth-order valence-corrected chi connectivity index (χ4v) is 5.15. The van der Waals surface area contributed by atoms with Gasteiger partial charge < -0.3 is 25.2 Å². The van der Waals surface area contributed by atoms with Crippen molar-refractivity contribution in [2.45, 2.75) is 58.2 Å². The number of anilines is 2. The van der Waals surface area contributed by atoms with Gasteiger partial charge in [-0.1, -0.05) is 0 Å². The van der Waals surface area contributed by atoms with E-state index in [4.69, 9.17) is 4.74 Å². The number of ether oxygens (including phenoxy) is 1. The second kappa shape index (κ2) is 8.49. The molecule has 1 unspecified atom stereocenters. The Morgan fingerprint density at radius 1 is 1.29 bits per heavy atom. The molecule has 2 aromatic heterocycles. The minimum Gasteiger partial charge on any atom is -0.484 e. The summed E-state index contributed by atoms with van der Waals surface area (Å²) in [5.41, 5.74) is 2.95. The van der Waals surface area contributed by atoms with Crippen molar-refractivity contribution in [3.05, 3.63) is 47.4 Å². The number of rotatable bonds is 5. The van der Waals surface area contributed by atoms with E-state index in [0.29, 0.717) is 23.3 Å². The van der Waals surface area contributed by atoms with Crippen LogP contribution >= 0.6 is 0 Å². The van der Waals surface area contributed by atoms with Crippen LogP contribution in [0.15, 0.2) is 30.7 Å². The van der Waals surface area contributed by atoms with Gasteiger partial charge in [-0.25, -0.2) is 9.50 Å². The number of benzene rings is 1. The number of aromatic nitrogens is 3. The molecule has 1 fully saturated rings. The number of nitrogens with one attached hydrogen (secondary N) is 1. The van der Waals surface area contributed by atoms with Crippen molar-refractivity contribution < 1.29 is 19.7 Å². The van der Waals surface area contributed by atoms with Gasteiger partial charge in [0.2, 0.25) is 0 Å². The lowest BCUT2D eigenvalue weighted by atomic mass is 9.83. The molecule has 2 aliphatic heterocycles. The largest absolute Gasteiger partial charge is 0.484 e. The Kier molecular flexibility index (Phi) is 5.72. The van der Waals surface area contributed by atoms with Crippen molar-refractivity contribution >= 4 is 22.9 Å². The van der Waals surface area contributed by atoms with E-state index in [1.54, 1.807) is 10.7 Å². The number of hydrogen-bond donors (Lipinski definition) is 3. The molecular weight excluding hydrogens is 446 g/mol. The molecule has 3 N–H and O–H groups in total. The Hall–Kier alpha value is -3.17. The van der Waals surface area contributed by atoms with E-state index in [2.05, 4.69) is 20.3 Å². The van der Waals surface area contributed by atoms with Gasteiger partial charge in [0.15, 0.2) is 5.65 Å². The maximum atomic E-state index is 13.3. The number of hydrogen-bond acceptors (Lipinski definition) is 7. The lowest BCUT2D eigenvalue weighted by molar-refractivity contribution is 0.00651.